The number of ether oxygens (including phenoxy) is 2. The zero-order valence-electron chi connectivity index (χ0n) is 11.5. The molecule has 6 nitrogen and oxygen atoms in total. The number of morpholine rings is 1. The highest BCUT2D eigenvalue weighted by Crippen LogP contribution is 2.20. The number of amides is 2. The molecule has 0 aromatic heterocycles. The average Bonchev–Trinajstić information content (AvgIpc) is 2.23. The number of hydrogen-bond acceptors (Lipinski definition) is 4. The van der Waals surface area contributed by atoms with Crippen molar-refractivity contribution in [1.82, 2.24) is 10.2 Å². The number of carbonyl (C=O) groups is 2. The molecule has 1 unspecified atom stereocenters. The molecule has 104 valence electrons. The second-order valence-electron chi connectivity index (χ2n) is 5.03. The second-order valence-corrected chi connectivity index (χ2v) is 5.03. The van der Waals surface area contributed by atoms with E-state index in [1.807, 2.05) is 20.8 Å². The van der Waals surface area contributed by atoms with Crippen LogP contribution in [0.5, 0.6) is 0 Å². The molecule has 1 saturated heterocycles. The van der Waals surface area contributed by atoms with Crippen LogP contribution in [0.4, 0.5) is 4.79 Å². The summed E-state index contributed by atoms with van der Waals surface area (Å²) < 4.78 is 10.4. The molecule has 1 rings (SSSR count). The van der Waals surface area contributed by atoms with E-state index >= 15 is 0 Å². The Balaban J connectivity index is 2.44. The van der Waals surface area contributed by atoms with Gasteiger partial charge in [-0.2, -0.15) is 0 Å². The quantitative estimate of drug-likeness (QED) is 0.759. The van der Waals surface area contributed by atoms with E-state index in [2.05, 4.69) is 5.32 Å². The van der Waals surface area contributed by atoms with E-state index in [4.69, 9.17) is 9.47 Å². The Kier molecular flexibility index (Phi) is 4.95. The fourth-order valence-corrected chi connectivity index (χ4v) is 2.08. The molecular weight excluding hydrogens is 236 g/mol. The van der Waals surface area contributed by atoms with Crippen molar-refractivity contribution >= 4 is 12.0 Å². The number of nitrogens with one attached hydrogen (secondary N) is 1. The van der Waals surface area contributed by atoms with Gasteiger partial charge in [-0.1, -0.05) is 0 Å². The molecule has 0 spiro atoms. The van der Waals surface area contributed by atoms with Gasteiger partial charge in [0.25, 0.3) is 0 Å². The van der Waals surface area contributed by atoms with Crippen molar-refractivity contribution in [2.75, 3.05) is 26.2 Å². The number of hydrogen-bond donors (Lipinski definition) is 1. The molecule has 0 aromatic rings. The van der Waals surface area contributed by atoms with E-state index in [0.717, 1.165) is 0 Å². The fraction of sp³-hybridized carbons (Fsp3) is 0.833. The van der Waals surface area contributed by atoms with Crippen LogP contribution < -0.4 is 5.32 Å². The smallest absolute Gasteiger partial charge is 0.325 e. The molecule has 1 atom stereocenters. The number of rotatable bonds is 3. The molecule has 0 bridgehead atoms. The minimum atomic E-state index is -0.425. The molecule has 0 radical (unpaired) electrons. The Morgan fingerprint density at radius 1 is 1.50 bits per heavy atom. The first-order valence-electron chi connectivity index (χ1n) is 6.20. The predicted molar refractivity (Wildman–Crippen MR) is 66.2 cm³/mol. The normalized spacial score (nSPS) is 22.4. The monoisotopic (exact) mass is 258 g/mol. The zero-order valence-corrected chi connectivity index (χ0v) is 11.5. The zero-order chi connectivity index (χ0) is 13.8. The third kappa shape index (κ3) is 4.52. The molecule has 1 aliphatic heterocycles. The Hall–Kier alpha value is -1.30. The van der Waals surface area contributed by atoms with Crippen LogP contribution in [0.3, 0.4) is 0 Å². The summed E-state index contributed by atoms with van der Waals surface area (Å²) in [6.45, 7) is 8.78. The molecule has 1 N–H and O–H groups in total. The molecule has 0 aliphatic carbocycles. The van der Waals surface area contributed by atoms with E-state index in [0.29, 0.717) is 19.7 Å². The van der Waals surface area contributed by atoms with E-state index in [1.165, 1.54) is 0 Å². The molecular formula is C12H22N2O4. The van der Waals surface area contributed by atoms with Crippen molar-refractivity contribution in [2.24, 2.45) is 0 Å². The van der Waals surface area contributed by atoms with Gasteiger partial charge in [0.15, 0.2) is 0 Å². The van der Waals surface area contributed by atoms with Crippen molar-refractivity contribution in [3.05, 3.63) is 0 Å². The number of carbonyl (C=O) groups excluding carboxylic acids is 2. The van der Waals surface area contributed by atoms with Crippen LogP contribution in [-0.4, -0.2) is 54.8 Å². The molecule has 1 aliphatic rings. The SMILES string of the molecule is CCOC(=O)CNC(=O)N1CC(C)OC(C)(C)C1. The van der Waals surface area contributed by atoms with Crippen LogP contribution in [0.2, 0.25) is 0 Å². The minimum absolute atomic E-state index is 0.0120. The lowest BCUT2D eigenvalue weighted by Crippen LogP contribution is -2.56. The number of nitrogens with zero attached hydrogens (tertiary/aromatic N) is 1. The summed E-state index contributed by atoms with van der Waals surface area (Å²) in [6, 6.07) is -0.258. The Morgan fingerprint density at radius 2 is 2.17 bits per heavy atom. The Labute approximate surface area is 108 Å². The van der Waals surface area contributed by atoms with Gasteiger partial charge in [0.1, 0.15) is 6.54 Å². The number of urea groups is 1. The minimum Gasteiger partial charge on any atom is -0.465 e. The summed E-state index contributed by atoms with van der Waals surface area (Å²) in [6.07, 6.45) is -0.0120. The standard InChI is InChI=1S/C12H22N2O4/c1-5-17-10(15)6-13-11(16)14-7-9(2)18-12(3,4)8-14/h9H,5-8H2,1-4H3,(H,13,16). The van der Waals surface area contributed by atoms with Crippen molar-refractivity contribution in [3.8, 4) is 0 Å². The van der Waals surface area contributed by atoms with Gasteiger partial charge in [0, 0.05) is 6.54 Å². The van der Waals surface area contributed by atoms with Crippen molar-refractivity contribution in [3.63, 3.8) is 0 Å². The van der Waals surface area contributed by atoms with E-state index < -0.39 is 5.97 Å². The predicted octanol–water partition coefficient (Wildman–Crippen LogP) is 0.758. The highest BCUT2D eigenvalue weighted by Gasteiger charge is 2.33. The Bertz CT molecular complexity index is 317. The summed E-state index contributed by atoms with van der Waals surface area (Å²) in [5.41, 5.74) is -0.362. The third-order valence-corrected chi connectivity index (χ3v) is 2.55. The number of esters is 1. The van der Waals surface area contributed by atoms with Gasteiger partial charge in [-0.3, -0.25) is 4.79 Å². The molecule has 0 saturated carbocycles. The summed E-state index contributed by atoms with van der Waals surface area (Å²) >= 11 is 0. The van der Waals surface area contributed by atoms with Gasteiger partial charge in [-0.25, -0.2) is 4.79 Å². The topological polar surface area (TPSA) is 67.9 Å². The maximum Gasteiger partial charge on any atom is 0.325 e. The van der Waals surface area contributed by atoms with Crippen molar-refractivity contribution in [1.29, 1.82) is 0 Å². The summed E-state index contributed by atoms with van der Waals surface area (Å²) in [4.78, 5) is 24.7. The molecule has 1 fully saturated rings. The third-order valence-electron chi connectivity index (χ3n) is 2.55. The van der Waals surface area contributed by atoms with Crippen LogP contribution in [0.15, 0.2) is 0 Å². The molecule has 1 heterocycles. The van der Waals surface area contributed by atoms with Gasteiger partial charge in [-0.05, 0) is 27.7 Å². The molecule has 2 amide bonds. The Morgan fingerprint density at radius 3 is 2.72 bits per heavy atom. The van der Waals surface area contributed by atoms with E-state index in [1.54, 1.807) is 11.8 Å². The van der Waals surface area contributed by atoms with Gasteiger partial charge in [-0.15, -0.1) is 0 Å². The fourth-order valence-electron chi connectivity index (χ4n) is 2.08. The van der Waals surface area contributed by atoms with E-state index in [-0.39, 0.29) is 24.3 Å². The second kappa shape index (κ2) is 6.04. The highest BCUT2D eigenvalue weighted by atomic mass is 16.5. The van der Waals surface area contributed by atoms with Gasteiger partial charge >= 0.3 is 12.0 Å². The largest absolute Gasteiger partial charge is 0.465 e. The molecule has 0 aromatic carbocycles. The molecule has 6 heteroatoms. The van der Waals surface area contributed by atoms with Gasteiger partial charge in [0.2, 0.25) is 0 Å². The van der Waals surface area contributed by atoms with Crippen molar-refractivity contribution < 1.29 is 19.1 Å². The van der Waals surface area contributed by atoms with Gasteiger partial charge in [0.05, 0.1) is 24.9 Å². The van der Waals surface area contributed by atoms with Crippen LogP contribution in [0.25, 0.3) is 0 Å². The van der Waals surface area contributed by atoms with Crippen LogP contribution in [0, 0.1) is 0 Å². The lowest BCUT2D eigenvalue weighted by atomic mass is 10.1. The molecule has 18 heavy (non-hydrogen) atoms. The summed E-state index contributed by atoms with van der Waals surface area (Å²) in [5.74, 6) is -0.425. The first-order valence-corrected chi connectivity index (χ1v) is 6.20. The van der Waals surface area contributed by atoms with E-state index in [9.17, 15) is 9.59 Å². The van der Waals surface area contributed by atoms with Crippen LogP contribution in [0.1, 0.15) is 27.7 Å². The summed E-state index contributed by atoms with van der Waals surface area (Å²) in [5, 5.41) is 2.55. The maximum atomic E-state index is 11.9. The maximum absolute atomic E-state index is 11.9. The van der Waals surface area contributed by atoms with Crippen LogP contribution in [-0.2, 0) is 14.3 Å². The first-order chi connectivity index (χ1) is 8.34. The van der Waals surface area contributed by atoms with Crippen LogP contribution >= 0.6 is 0 Å². The lowest BCUT2D eigenvalue weighted by Gasteiger charge is -2.41. The van der Waals surface area contributed by atoms with Gasteiger partial charge < -0.3 is 19.7 Å². The average molecular weight is 258 g/mol. The summed E-state index contributed by atoms with van der Waals surface area (Å²) in [7, 11) is 0. The highest BCUT2D eigenvalue weighted by molar-refractivity contribution is 5.80. The van der Waals surface area contributed by atoms with Crippen molar-refractivity contribution in [2.45, 2.75) is 39.4 Å². The lowest BCUT2D eigenvalue weighted by molar-refractivity contribution is -0.141. The first kappa shape index (κ1) is 14.8.